The van der Waals surface area contributed by atoms with Crippen LogP contribution in [0, 0.1) is 0 Å². The molecule has 0 bridgehead atoms. The molecule has 1 heterocycles. The maximum atomic E-state index is 7.45. The molecule has 2 nitrogen and oxygen atoms in total. The summed E-state index contributed by atoms with van der Waals surface area (Å²) in [6, 6.07) is 69.6. The number of pyridine rings is 1. The molecule has 11 aromatic rings. The molecular weight excluding hydrogens is 701 g/mol. The van der Waals surface area contributed by atoms with Crippen molar-refractivity contribution in [3.05, 3.63) is 211 Å². The van der Waals surface area contributed by atoms with Gasteiger partial charge in [-0.25, -0.2) is 4.98 Å². The third-order valence-electron chi connectivity index (χ3n) is 11.9. The molecule has 0 saturated heterocycles. The first-order valence-electron chi connectivity index (χ1n) is 20.0. The molecule has 2 N–H and O–H groups in total. The Morgan fingerprint density at radius 2 is 0.931 bits per heavy atom. The van der Waals surface area contributed by atoms with Crippen molar-refractivity contribution in [3.63, 3.8) is 0 Å². The minimum atomic E-state index is 0.749. The molecule has 272 valence electrons. The second-order valence-corrected chi connectivity index (χ2v) is 15.2. The Labute approximate surface area is 337 Å². The van der Waals surface area contributed by atoms with E-state index in [0.29, 0.717) is 0 Å². The van der Waals surface area contributed by atoms with Crippen molar-refractivity contribution in [2.45, 2.75) is 6.42 Å². The highest BCUT2D eigenvalue weighted by molar-refractivity contribution is 6.19. The Hall–Kier alpha value is -7.55. The number of nitrogen functional groups attached to an aromatic ring is 1. The zero-order valence-corrected chi connectivity index (χ0v) is 31.9. The van der Waals surface area contributed by atoms with Crippen LogP contribution in [0.15, 0.2) is 200 Å². The van der Waals surface area contributed by atoms with Crippen molar-refractivity contribution in [1.29, 1.82) is 0 Å². The third kappa shape index (κ3) is 5.61. The molecule has 2 heteroatoms. The summed E-state index contributed by atoms with van der Waals surface area (Å²) < 4.78 is 0. The number of nitrogens with zero attached hydrogens (tertiary/aromatic N) is 1. The lowest BCUT2D eigenvalue weighted by atomic mass is 9.88. The number of fused-ring (bicyclic) bond motifs is 9. The molecule has 10 aromatic carbocycles. The molecule has 0 aliphatic carbocycles. The first-order valence-corrected chi connectivity index (χ1v) is 20.0. The Bertz CT molecular complexity index is 3420. The van der Waals surface area contributed by atoms with E-state index in [9.17, 15) is 0 Å². The number of anilines is 1. The van der Waals surface area contributed by atoms with Crippen molar-refractivity contribution < 1.29 is 0 Å². The average Bonchev–Trinajstić information content (AvgIpc) is 3.29. The maximum Gasteiger partial charge on any atom is 0.0795 e. The number of hydrogen-bond acceptors (Lipinski definition) is 2. The smallest absolute Gasteiger partial charge is 0.0795 e. The van der Waals surface area contributed by atoms with Crippen LogP contribution in [0.2, 0.25) is 0 Å². The molecule has 0 saturated carbocycles. The van der Waals surface area contributed by atoms with Crippen LogP contribution < -0.4 is 5.73 Å². The van der Waals surface area contributed by atoms with Crippen molar-refractivity contribution in [1.82, 2.24) is 4.98 Å². The topological polar surface area (TPSA) is 38.9 Å². The van der Waals surface area contributed by atoms with Crippen molar-refractivity contribution in [2.24, 2.45) is 0 Å². The van der Waals surface area contributed by atoms with Crippen LogP contribution in [0.25, 0.3) is 104 Å². The molecule has 1 aromatic heterocycles. The molecule has 0 fully saturated rings. The van der Waals surface area contributed by atoms with E-state index in [1.807, 2.05) is 0 Å². The van der Waals surface area contributed by atoms with Gasteiger partial charge in [-0.05, 0) is 108 Å². The van der Waals surface area contributed by atoms with Crippen LogP contribution in [0.1, 0.15) is 11.1 Å². The summed E-state index contributed by atoms with van der Waals surface area (Å²) in [6.45, 7) is 0. The van der Waals surface area contributed by atoms with E-state index in [1.165, 1.54) is 48.7 Å². The second kappa shape index (κ2) is 13.9. The Balaban J connectivity index is 1.15. The number of allylic oxidation sites excluding steroid dienone is 1. The predicted molar refractivity (Wildman–Crippen MR) is 249 cm³/mol. The van der Waals surface area contributed by atoms with Gasteiger partial charge in [0, 0.05) is 33.0 Å². The van der Waals surface area contributed by atoms with Crippen molar-refractivity contribution in [2.75, 3.05) is 5.73 Å². The maximum absolute atomic E-state index is 7.45. The van der Waals surface area contributed by atoms with E-state index < -0.39 is 0 Å². The summed E-state index contributed by atoms with van der Waals surface area (Å²) in [6.07, 6.45) is 5.29. The van der Waals surface area contributed by atoms with E-state index >= 15 is 0 Å². The molecule has 0 unspecified atom stereocenters. The number of benzene rings is 10. The summed E-state index contributed by atoms with van der Waals surface area (Å²) >= 11 is 0. The van der Waals surface area contributed by atoms with Gasteiger partial charge in [-0.15, -0.1) is 0 Å². The molecule has 0 amide bonds. The van der Waals surface area contributed by atoms with Gasteiger partial charge in [0.1, 0.15) is 0 Å². The zero-order chi connectivity index (χ0) is 38.6. The normalized spacial score (nSPS) is 11.9. The first-order chi connectivity index (χ1) is 28.7. The standard InChI is InChI=1S/C56H38N2/c57-55-47(29-15-22-39-32-38-20-7-9-23-41(38)44-26-12-11-25-42(39)44)49(36-16-3-1-4-17-36)35-53-52(55)34-50(37-18-5-2-6-19-37)48-30-31-54(58-56(48)53)51-33-40-21-8-10-24-43(40)45-27-13-14-28-46(45)51/h1-21,23-35H,22,57H2/b29-15-. The molecular formula is C56H38N2. The number of hydrogen-bond donors (Lipinski definition) is 1. The number of nitrogens with two attached hydrogens (primary N) is 1. The number of aromatic nitrogens is 1. The van der Waals surface area contributed by atoms with E-state index in [1.54, 1.807) is 0 Å². The highest BCUT2D eigenvalue weighted by Gasteiger charge is 2.19. The van der Waals surface area contributed by atoms with Crippen LogP contribution in [-0.4, -0.2) is 4.98 Å². The van der Waals surface area contributed by atoms with Gasteiger partial charge < -0.3 is 5.73 Å². The summed E-state index contributed by atoms with van der Waals surface area (Å²) in [5, 5.41) is 13.1. The number of rotatable bonds is 6. The average molecular weight is 739 g/mol. The van der Waals surface area contributed by atoms with Crippen LogP contribution in [-0.2, 0) is 6.42 Å². The Kier molecular flexibility index (Phi) is 8.08. The molecule has 0 radical (unpaired) electrons. The lowest BCUT2D eigenvalue weighted by molar-refractivity contribution is 1.32. The summed E-state index contributed by atoms with van der Waals surface area (Å²) in [4.78, 5) is 5.60. The van der Waals surface area contributed by atoms with Gasteiger partial charge in [-0.2, -0.15) is 0 Å². The van der Waals surface area contributed by atoms with Crippen molar-refractivity contribution in [3.8, 4) is 33.5 Å². The molecule has 0 spiro atoms. The fraction of sp³-hybridized carbons (Fsp3) is 0.0179. The molecule has 58 heavy (non-hydrogen) atoms. The zero-order valence-electron chi connectivity index (χ0n) is 31.9. The van der Waals surface area contributed by atoms with Gasteiger partial charge in [-0.3, -0.25) is 0 Å². The van der Waals surface area contributed by atoms with E-state index in [4.69, 9.17) is 10.7 Å². The summed E-state index contributed by atoms with van der Waals surface area (Å²) in [7, 11) is 0. The third-order valence-corrected chi connectivity index (χ3v) is 11.9. The van der Waals surface area contributed by atoms with E-state index in [-0.39, 0.29) is 0 Å². The van der Waals surface area contributed by atoms with Crippen LogP contribution in [0.4, 0.5) is 5.69 Å². The van der Waals surface area contributed by atoms with E-state index in [0.717, 1.165) is 72.9 Å². The lowest BCUT2D eigenvalue weighted by Crippen LogP contribution is -1.98. The summed E-state index contributed by atoms with van der Waals surface area (Å²) in [5.41, 5.74) is 17.9. The largest absolute Gasteiger partial charge is 0.398 e. The van der Waals surface area contributed by atoms with E-state index in [2.05, 4.69) is 206 Å². The van der Waals surface area contributed by atoms with Gasteiger partial charge in [0.05, 0.1) is 11.2 Å². The van der Waals surface area contributed by atoms with Gasteiger partial charge in [0.2, 0.25) is 0 Å². The first kappa shape index (κ1) is 33.8. The van der Waals surface area contributed by atoms with Gasteiger partial charge in [0.25, 0.3) is 0 Å². The summed E-state index contributed by atoms with van der Waals surface area (Å²) in [5.74, 6) is 0. The minimum Gasteiger partial charge on any atom is -0.398 e. The molecule has 0 atom stereocenters. The quantitative estimate of drug-likeness (QED) is 0.136. The molecule has 0 aliphatic heterocycles. The highest BCUT2D eigenvalue weighted by Crippen LogP contribution is 2.43. The van der Waals surface area contributed by atoms with Crippen LogP contribution in [0.3, 0.4) is 0 Å². The van der Waals surface area contributed by atoms with Gasteiger partial charge in [0.15, 0.2) is 0 Å². The Morgan fingerprint density at radius 3 is 1.62 bits per heavy atom. The SMILES string of the molecule is Nc1c(/C=C\Cc2cc3ccccc3c3ccccc23)c(-c2ccccc2)cc2c1cc(-c1ccccc1)c1ccc(-c3cc4ccccc4c4ccccc34)nc12. The Morgan fingerprint density at radius 1 is 0.397 bits per heavy atom. The minimum absolute atomic E-state index is 0.749. The van der Waals surface area contributed by atoms with Crippen LogP contribution >= 0.6 is 0 Å². The molecule has 0 aliphatic rings. The molecule has 11 rings (SSSR count). The second-order valence-electron chi connectivity index (χ2n) is 15.2. The fourth-order valence-electron chi connectivity index (χ4n) is 9.10. The van der Waals surface area contributed by atoms with Gasteiger partial charge >= 0.3 is 0 Å². The van der Waals surface area contributed by atoms with Crippen molar-refractivity contribution >= 4 is 76.5 Å². The highest BCUT2D eigenvalue weighted by atomic mass is 14.7. The fourth-order valence-corrected chi connectivity index (χ4v) is 9.10. The monoisotopic (exact) mass is 738 g/mol. The van der Waals surface area contributed by atoms with Gasteiger partial charge in [-0.1, -0.05) is 176 Å². The van der Waals surface area contributed by atoms with Crippen LogP contribution in [0.5, 0.6) is 0 Å². The predicted octanol–water partition coefficient (Wildman–Crippen LogP) is 14.8. The lowest BCUT2D eigenvalue weighted by Gasteiger charge is -2.18.